The summed E-state index contributed by atoms with van der Waals surface area (Å²) in [4.78, 5) is 8.54. The summed E-state index contributed by atoms with van der Waals surface area (Å²) in [5, 5.41) is 0. The summed E-state index contributed by atoms with van der Waals surface area (Å²) in [6.07, 6.45) is 9.66. The van der Waals surface area contributed by atoms with Gasteiger partial charge in [0.2, 0.25) is 5.69 Å². The lowest BCUT2D eigenvalue weighted by Gasteiger charge is -2.05. The molecule has 0 aliphatic heterocycles. The molecule has 0 N–H and O–H groups in total. The van der Waals surface area contributed by atoms with Gasteiger partial charge in [0, 0.05) is 42.3 Å². The summed E-state index contributed by atoms with van der Waals surface area (Å²) < 4.78 is 4.22. The lowest BCUT2D eigenvalue weighted by Crippen LogP contribution is -2.29. The van der Waals surface area contributed by atoms with Crippen LogP contribution in [-0.4, -0.2) is 14.5 Å². The number of hydrogen-bond donors (Lipinski definition) is 0. The van der Waals surface area contributed by atoms with Crippen LogP contribution in [0.5, 0.6) is 0 Å². The van der Waals surface area contributed by atoms with Gasteiger partial charge in [0.05, 0.1) is 11.0 Å². The van der Waals surface area contributed by atoms with Crippen LogP contribution in [0.4, 0.5) is 0 Å². The second-order valence-corrected chi connectivity index (χ2v) is 6.35. The minimum Gasteiger partial charge on any atom is -0.299 e. The van der Waals surface area contributed by atoms with Crippen molar-refractivity contribution in [2.24, 2.45) is 0 Å². The molecule has 0 atom stereocenters. The molecule has 4 nitrogen and oxygen atoms in total. The molecule has 0 fully saturated rings. The molecule has 3 aromatic heterocycles. The fourth-order valence-corrected chi connectivity index (χ4v) is 3.29. The molecule has 5 aromatic rings. The van der Waals surface area contributed by atoms with Gasteiger partial charge in [-0.3, -0.25) is 9.55 Å². The standard InChI is InChI=1S/C23H17N4/c1-2-4-23-22(3-1)25-17-27(23)21-7-5-20(6-8-21)26-15-11-19(12-16-26)18-9-13-24-14-10-18/h1-17H/q+1. The van der Waals surface area contributed by atoms with Crippen LogP contribution in [0.3, 0.4) is 0 Å². The number of para-hydroxylation sites is 2. The second kappa shape index (κ2) is 6.50. The third-order valence-corrected chi connectivity index (χ3v) is 4.72. The van der Waals surface area contributed by atoms with E-state index in [9.17, 15) is 0 Å². The Kier molecular flexibility index (Phi) is 3.72. The second-order valence-electron chi connectivity index (χ2n) is 6.35. The topological polar surface area (TPSA) is 34.6 Å². The Morgan fingerprint density at radius 3 is 2.19 bits per heavy atom. The van der Waals surface area contributed by atoms with Crippen molar-refractivity contribution >= 4 is 11.0 Å². The number of fused-ring (bicyclic) bond motifs is 1. The van der Waals surface area contributed by atoms with Gasteiger partial charge in [0.1, 0.15) is 6.33 Å². The molecule has 0 amide bonds. The smallest absolute Gasteiger partial charge is 0.210 e. The van der Waals surface area contributed by atoms with Crippen molar-refractivity contribution in [1.82, 2.24) is 14.5 Å². The number of benzene rings is 2. The van der Waals surface area contributed by atoms with Crippen LogP contribution in [0.15, 0.2) is 104 Å². The molecular weight excluding hydrogens is 332 g/mol. The van der Waals surface area contributed by atoms with Crippen molar-refractivity contribution in [3.63, 3.8) is 0 Å². The predicted octanol–water partition coefficient (Wildman–Crippen LogP) is 4.36. The summed E-state index contributed by atoms with van der Waals surface area (Å²) in [5.41, 5.74) is 6.67. The largest absolute Gasteiger partial charge is 0.299 e. The Morgan fingerprint density at radius 2 is 1.41 bits per heavy atom. The van der Waals surface area contributed by atoms with Crippen molar-refractivity contribution in [1.29, 1.82) is 0 Å². The fraction of sp³-hybridized carbons (Fsp3) is 0. The van der Waals surface area contributed by atoms with Gasteiger partial charge in [-0.15, -0.1) is 0 Å². The van der Waals surface area contributed by atoms with Crippen LogP contribution < -0.4 is 4.57 Å². The average Bonchev–Trinajstić information content (AvgIpc) is 3.19. The van der Waals surface area contributed by atoms with E-state index in [0.29, 0.717) is 0 Å². The molecule has 0 bridgehead atoms. The highest BCUT2D eigenvalue weighted by Crippen LogP contribution is 2.19. The molecule has 128 valence electrons. The molecule has 0 aliphatic rings. The molecule has 4 heteroatoms. The molecule has 0 spiro atoms. The van der Waals surface area contributed by atoms with Gasteiger partial charge < -0.3 is 0 Å². The Bertz CT molecular complexity index is 1190. The zero-order chi connectivity index (χ0) is 18.1. The summed E-state index contributed by atoms with van der Waals surface area (Å²) >= 11 is 0. The summed E-state index contributed by atoms with van der Waals surface area (Å²) in [6.45, 7) is 0. The molecule has 27 heavy (non-hydrogen) atoms. The van der Waals surface area contributed by atoms with Gasteiger partial charge in [0.15, 0.2) is 12.4 Å². The van der Waals surface area contributed by atoms with Crippen LogP contribution in [0.25, 0.3) is 33.5 Å². The van der Waals surface area contributed by atoms with E-state index in [0.717, 1.165) is 22.4 Å². The van der Waals surface area contributed by atoms with E-state index in [1.54, 1.807) is 0 Å². The third kappa shape index (κ3) is 2.87. The molecule has 5 rings (SSSR count). The Labute approximate surface area is 157 Å². The van der Waals surface area contributed by atoms with Crippen molar-refractivity contribution in [3.8, 4) is 22.5 Å². The lowest BCUT2D eigenvalue weighted by molar-refractivity contribution is -0.595. The molecule has 0 saturated heterocycles. The predicted molar refractivity (Wildman–Crippen MR) is 106 cm³/mol. The van der Waals surface area contributed by atoms with Crippen LogP contribution in [0.1, 0.15) is 0 Å². The van der Waals surface area contributed by atoms with Gasteiger partial charge in [-0.25, -0.2) is 4.98 Å². The van der Waals surface area contributed by atoms with Crippen LogP contribution in [0, 0.1) is 0 Å². The Balaban J connectivity index is 1.45. The number of rotatable bonds is 3. The number of aromatic nitrogens is 4. The van der Waals surface area contributed by atoms with Crippen molar-refractivity contribution < 1.29 is 4.57 Å². The maximum Gasteiger partial charge on any atom is 0.210 e. The summed E-state index contributed by atoms with van der Waals surface area (Å²) in [6, 6.07) is 24.9. The van der Waals surface area contributed by atoms with Crippen molar-refractivity contribution in [2.75, 3.05) is 0 Å². The molecule has 0 unspecified atom stereocenters. The van der Waals surface area contributed by atoms with E-state index >= 15 is 0 Å². The normalized spacial score (nSPS) is 11.0. The highest BCUT2D eigenvalue weighted by atomic mass is 15.0. The molecular formula is C23H17N4+. The SMILES string of the molecule is c1ccc2c(c1)ncn2-c1ccc(-[n+]2ccc(-c3ccncc3)cc2)cc1. The van der Waals surface area contributed by atoms with E-state index in [1.165, 1.54) is 11.1 Å². The Hall–Kier alpha value is -3.79. The fourth-order valence-electron chi connectivity index (χ4n) is 3.29. The molecule has 0 saturated carbocycles. The van der Waals surface area contributed by atoms with Crippen LogP contribution >= 0.6 is 0 Å². The first-order chi connectivity index (χ1) is 13.4. The zero-order valence-corrected chi connectivity index (χ0v) is 14.6. The number of pyridine rings is 2. The third-order valence-electron chi connectivity index (χ3n) is 4.72. The van der Waals surface area contributed by atoms with E-state index < -0.39 is 0 Å². The van der Waals surface area contributed by atoms with Crippen LogP contribution in [-0.2, 0) is 0 Å². The first-order valence-corrected chi connectivity index (χ1v) is 8.83. The molecule has 2 aromatic carbocycles. The monoisotopic (exact) mass is 349 g/mol. The first kappa shape index (κ1) is 15.5. The molecule has 3 heterocycles. The number of nitrogens with zero attached hydrogens (tertiary/aromatic N) is 4. The average molecular weight is 349 g/mol. The quantitative estimate of drug-likeness (QED) is 0.454. The maximum absolute atomic E-state index is 4.47. The van der Waals surface area contributed by atoms with Crippen molar-refractivity contribution in [3.05, 3.63) is 104 Å². The number of imidazole rings is 1. The molecule has 0 aliphatic carbocycles. The lowest BCUT2D eigenvalue weighted by atomic mass is 10.1. The van der Waals surface area contributed by atoms with Crippen LogP contribution in [0.2, 0.25) is 0 Å². The van der Waals surface area contributed by atoms with Gasteiger partial charge in [-0.2, -0.15) is 4.57 Å². The summed E-state index contributed by atoms with van der Waals surface area (Å²) in [5.74, 6) is 0. The van der Waals surface area contributed by atoms with E-state index in [4.69, 9.17) is 0 Å². The first-order valence-electron chi connectivity index (χ1n) is 8.83. The summed E-state index contributed by atoms with van der Waals surface area (Å²) in [7, 11) is 0. The van der Waals surface area contributed by atoms with Gasteiger partial charge >= 0.3 is 0 Å². The van der Waals surface area contributed by atoms with E-state index in [-0.39, 0.29) is 0 Å². The molecule has 0 radical (unpaired) electrons. The minimum absolute atomic E-state index is 1.00. The van der Waals surface area contributed by atoms with E-state index in [2.05, 4.69) is 74.0 Å². The zero-order valence-electron chi connectivity index (χ0n) is 14.6. The van der Waals surface area contributed by atoms with Gasteiger partial charge in [-0.05, 0) is 47.5 Å². The Morgan fingerprint density at radius 1 is 0.704 bits per heavy atom. The highest BCUT2D eigenvalue weighted by molar-refractivity contribution is 5.77. The van der Waals surface area contributed by atoms with E-state index in [1.807, 2.05) is 49.1 Å². The highest BCUT2D eigenvalue weighted by Gasteiger charge is 2.09. The minimum atomic E-state index is 1.00. The van der Waals surface area contributed by atoms with Gasteiger partial charge in [0.25, 0.3) is 0 Å². The number of hydrogen-bond acceptors (Lipinski definition) is 2. The van der Waals surface area contributed by atoms with Gasteiger partial charge in [-0.1, -0.05) is 12.1 Å². The van der Waals surface area contributed by atoms with Crippen molar-refractivity contribution in [2.45, 2.75) is 0 Å². The maximum atomic E-state index is 4.47.